The third-order valence-corrected chi connectivity index (χ3v) is 2.54. The van der Waals surface area contributed by atoms with Crippen molar-refractivity contribution < 1.29 is 17.9 Å². The summed E-state index contributed by atoms with van der Waals surface area (Å²) in [5.74, 6) is 0.247. The number of anilines is 1. The summed E-state index contributed by atoms with van der Waals surface area (Å²) < 4.78 is 32.9. The Labute approximate surface area is 104 Å². The van der Waals surface area contributed by atoms with E-state index in [-0.39, 0.29) is 28.3 Å². The van der Waals surface area contributed by atoms with Crippen LogP contribution >= 0.6 is 23.2 Å². The van der Waals surface area contributed by atoms with E-state index < -0.39 is 10.9 Å². The molecule has 0 radical (unpaired) electrons. The molecule has 0 amide bonds. The van der Waals surface area contributed by atoms with Crippen molar-refractivity contribution in [2.45, 2.75) is 0 Å². The molecule has 0 aliphatic carbocycles. The van der Waals surface area contributed by atoms with Gasteiger partial charge in [0.25, 0.3) is 0 Å². The van der Waals surface area contributed by atoms with E-state index in [1.807, 2.05) is 0 Å². The van der Waals surface area contributed by atoms with Crippen LogP contribution in [0.2, 0.25) is 10.0 Å². The molecule has 1 N–H and O–H groups in total. The molecule has 0 saturated heterocycles. The highest BCUT2D eigenvalue weighted by atomic mass is 35.5. The Kier molecular flexibility index (Phi) is 5.14. The third kappa shape index (κ3) is 3.71. The molecular formula is C8H9Cl2NO4S. The molecule has 0 saturated carbocycles. The average Bonchev–Trinajstić information content (AvgIpc) is 2.15. The minimum absolute atomic E-state index is 0.00202. The van der Waals surface area contributed by atoms with Crippen LogP contribution in [0.1, 0.15) is 0 Å². The van der Waals surface area contributed by atoms with Gasteiger partial charge in [0.2, 0.25) is 10.9 Å². The quantitative estimate of drug-likeness (QED) is 0.641. The first kappa shape index (κ1) is 13.4. The largest absolute Gasteiger partial charge is 0.464 e. The number of hydrogen-bond donors (Lipinski definition) is 2. The summed E-state index contributed by atoms with van der Waals surface area (Å²) in [5.41, 5.74) is 0.274. The van der Waals surface area contributed by atoms with Crippen LogP contribution < -0.4 is 9.46 Å². The van der Waals surface area contributed by atoms with Crippen LogP contribution in [0, 0.1) is 0 Å². The lowest BCUT2D eigenvalue weighted by molar-refractivity contribution is 0.0513. The summed E-state index contributed by atoms with van der Waals surface area (Å²) in [6, 6.07) is 2.78. The smallest absolute Gasteiger partial charge is 0.222 e. The number of rotatable bonds is 5. The number of ether oxygens (including phenoxy) is 2. The van der Waals surface area contributed by atoms with Crippen LogP contribution in [0.25, 0.3) is 0 Å². The molecule has 1 aromatic carbocycles. The highest BCUT2D eigenvalue weighted by Gasteiger charge is 2.09. The Morgan fingerprint density at radius 1 is 1.31 bits per heavy atom. The maximum absolute atomic E-state index is 10.4. The first-order chi connectivity index (χ1) is 7.54. The van der Waals surface area contributed by atoms with Gasteiger partial charge in [-0.2, -0.15) is 0 Å². The standard InChI is InChI=1S/C8H9Cl2NO4S/c1-14-4-15-8-6(9)2-5(3-7(8)10)11-16(12)13/h2-3,16H,4H2,1H3,(H,11,12,13). The summed E-state index contributed by atoms with van der Waals surface area (Å²) in [5, 5.41) is 0.396. The highest BCUT2D eigenvalue weighted by molar-refractivity contribution is 7.73. The number of hydrogen-bond acceptors (Lipinski definition) is 4. The molecule has 0 bridgehead atoms. The number of halogens is 2. The van der Waals surface area contributed by atoms with Crippen molar-refractivity contribution in [1.82, 2.24) is 0 Å². The van der Waals surface area contributed by atoms with Crippen molar-refractivity contribution in [3.05, 3.63) is 22.2 Å². The van der Waals surface area contributed by atoms with Crippen molar-refractivity contribution in [3.8, 4) is 5.75 Å². The second-order valence-corrected chi connectivity index (χ2v) is 4.24. The maximum atomic E-state index is 10.4. The third-order valence-electron chi connectivity index (χ3n) is 1.54. The Hall–Kier alpha value is -0.690. The number of methoxy groups -OCH3 is 1. The highest BCUT2D eigenvalue weighted by Crippen LogP contribution is 2.35. The van der Waals surface area contributed by atoms with Gasteiger partial charge < -0.3 is 9.47 Å². The lowest BCUT2D eigenvalue weighted by Gasteiger charge is -2.10. The lowest BCUT2D eigenvalue weighted by Crippen LogP contribution is -2.01. The zero-order valence-electron chi connectivity index (χ0n) is 8.20. The van der Waals surface area contributed by atoms with Crippen molar-refractivity contribution in [2.75, 3.05) is 18.6 Å². The molecule has 5 nitrogen and oxygen atoms in total. The fraction of sp³-hybridized carbons (Fsp3) is 0.250. The molecule has 0 spiro atoms. The van der Waals surface area contributed by atoms with Gasteiger partial charge in [0.05, 0.1) is 15.7 Å². The molecule has 1 rings (SSSR count). The van der Waals surface area contributed by atoms with Gasteiger partial charge >= 0.3 is 0 Å². The second-order valence-electron chi connectivity index (χ2n) is 2.69. The van der Waals surface area contributed by atoms with Crippen molar-refractivity contribution >= 4 is 39.8 Å². The molecule has 90 valence electrons. The minimum Gasteiger partial charge on any atom is -0.464 e. The summed E-state index contributed by atoms with van der Waals surface area (Å²) in [4.78, 5) is 0. The van der Waals surface area contributed by atoms with E-state index >= 15 is 0 Å². The monoisotopic (exact) mass is 285 g/mol. The molecule has 0 aromatic heterocycles. The van der Waals surface area contributed by atoms with E-state index in [4.69, 9.17) is 32.7 Å². The van der Waals surface area contributed by atoms with E-state index in [1.54, 1.807) is 0 Å². The molecule has 8 heteroatoms. The maximum Gasteiger partial charge on any atom is 0.222 e. The second kappa shape index (κ2) is 6.15. The molecular weight excluding hydrogens is 277 g/mol. The molecule has 0 atom stereocenters. The predicted octanol–water partition coefficient (Wildman–Crippen LogP) is 1.91. The normalized spacial score (nSPS) is 10.5. The van der Waals surface area contributed by atoms with Crippen LogP contribution in [-0.2, 0) is 15.6 Å². The molecule has 0 aliphatic rings. The van der Waals surface area contributed by atoms with Crippen LogP contribution in [0.3, 0.4) is 0 Å². The van der Waals surface area contributed by atoms with Gasteiger partial charge in [0, 0.05) is 7.11 Å². The van der Waals surface area contributed by atoms with E-state index in [2.05, 4.69) is 4.72 Å². The van der Waals surface area contributed by atoms with Crippen molar-refractivity contribution in [1.29, 1.82) is 0 Å². The van der Waals surface area contributed by atoms with Crippen LogP contribution in [-0.4, -0.2) is 22.3 Å². The Bertz CT molecular complexity index is 419. The molecule has 16 heavy (non-hydrogen) atoms. The van der Waals surface area contributed by atoms with Crippen molar-refractivity contribution in [2.24, 2.45) is 0 Å². The number of nitrogens with one attached hydrogen (secondary N) is 1. The van der Waals surface area contributed by atoms with Crippen LogP contribution in [0.5, 0.6) is 5.75 Å². The number of thiol groups is 1. The fourth-order valence-corrected chi connectivity index (χ4v) is 1.92. The van der Waals surface area contributed by atoms with Gasteiger partial charge in [0.15, 0.2) is 12.5 Å². The Morgan fingerprint density at radius 2 is 1.88 bits per heavy atom. The molecule has 0 aliphatic heterocycles. The summed E-state index contributed by atoms with van der Waals surface area (Å²) in [6.07, 6.45) is 0. The lowest BCUT2D eigenvalue weighted by atomic mass is 10.3. The molecule has 1 aromatic rings. The van der Waals surface area contributed by atoms with E-state index in [1.165, 1.54) is 19.2 Å². The predicted molar refractivity (Wildman–Crippen MR) is 62.9 cm³/mol. The summed E-state index contributed by atoms with van der Waals surface area (Å²) >= 11 is 11.7. The van der Waals surface area contributed by atoms with Gasteiger partial charge in [-0.3, -0.25) is 4.72 Å². The van der Waals surface area contributed by atoms with Gasteiger partial charge in [-0.25, -0.2) is 8.42 Å². The van der Waals surface area contributed by atoms with Gasteiger partial charge in [0.1, 0.15) is 0 Å². The zero-order valence-corrected chi connectivity index (χ0v) is 10.6. The van der Waals surface area contributed by atoms with Gasteiger partial charge in [-0.05, 0) is 12.1 Å². The first-order valence-electron chi connectivity index (χ1n) is 4.06. The fourth-order valence-electron chi connectivity index (χ4n) is 0.986. The number of benzene rings is 1. The summed E-state index contributed by atoms with van der Waals surface area (Å²) in [6.45, 7) is 0.00202. The SMILES string of the molecule is COCOc1c(Cl)cc(N[SH](=O)=O)cc1Cl. The average molecular weight is 286 g/mol. The first-order valence-corrected chi connectivity index (χ1v) is 5.99. The Balaban J connectivity index is 2.97. The van der Waals surface area contributed by atoms with E-state index in [9.17, 15) is 8.42 Å². The molecule has 0 heterocycles. The van der Waals surface area contributed by atoms with E-state index in [0.29, 0.717) is 0 Å². The minimum atomic E-state index is -2.75. The van der Waals surface area contributed by atoms with Gasteiger partial charge in [-0.15, -0.1) is 0 Å². The van der Waals surface area contributed by atoms with Gasteiger partial charge in [-0.1, -0.05) is 23.2 Å². The zero-order chi connectivity index (χ0) is 12.1. The van der Waals surface area contributed by atoms with Crippen molar-refractivity contribution in [3.63, 3.8) is 0 Å². The van der Waals surface area contributed by atoms with Crippen LogP contribution in [0.4, 0.5) is 5.69 Å². The summed E-state index contributed by atoms with van der Waals surface area (Å²) in [7, 11) is -1.30. The van der Waals surface area contributed by atoms with E-state index in [0.717, 1.165) is 0 Å². The Morgan fingerprint density at radius 3 is 2.31 bits per heavy atom. The molecule has 0 fully saturated rings. The molecule has 0 unspecified atom stereocenters. The topological polar surface area (TPSA) is 64.6 Å². The van der Waals surface area contributed by atoms with Crippen LogP contribution in [0.15, 0.2) is 12.1 Å².